The van der Waals surface area contributed by atoms with Crippen LogP contribution >= 0.6 is 11.8 Å². The van der Waals surface area contributed by atoms with Gasteiger partial charge in [-0.05, 0) is 30.0 Å². The average Bonchev–Trinajstić information content (AvgIpc) is 3.15. The van der Waals surface area contributed by atoms with Crippen LogP contribution in [-0.2, 0) is 4.79 Å². The summed E-state index contributed by atoms with van der Waals surface area (Å²) in [6.07, 6.45) is 1.56. The van der Waals surface area contributed by atoms with Crippen molar-refractivity contribution < 1.29 is 19.5 Å². The first-order valence-electron chi connectivity index (χ1n) is 10.5. The number of amides is 3. The Morgan fingerprint density at radius 2 is 1.91 bits per heavy atom. The summed E-state index contributed by atoms with van der Waals surface area (Å²) in [4.78, 5) is 51.3. The fourth-order valence-electron chi connectivity index (χ4n) is 3.54. The van der Waals surface area contributed by atoms with Gasteiger partial charge in [0.2, 0.25) is 5.95 Å². The number of nitrogens with one attached hydrogen (secondary N) is 1. The first kappa shape index (κ1) is 22.7. The number of anilines is 2. The van der Waals surface area contributed by atoms with E-state index in [0.29, 0.717) is 55.7 Å². The van der Waals surface area contributed by atoms with Crippen LogP contribution in [0.3, 0.4) is 0 Å². The lowest BCUT2D eigenvalue weighted by Gasteiger charge is -2.35. The van der Waals surface area contributed by atoms with Gasteiger partial charge < -0.3 is 19.8 Å². The number of piperazine rings is 1. The van der Waals surface area contributed by atoms with Crippen molar-refractivity contribution in [3.8, 4) is 0 Å². The second-order valence-corrected chi connectivity index (χ2v) is 8.61. The molecule has 10 nitrogen and oxygen atoms in total. The molecule has 2 aliphatic rings. The van der Waals surface area contributed by atoms with E-state index in [-0.39, 0.29) is 17.4 Å². The smallest absolute Gasteiger partial charge is 0.290 e. The molecule has 0 atom stereocenters. The van der Waals surface area contributed by atoms with E-state index in [2.05, 4.69) is 15.3 Å². The van der Waals surface area contributed by atoms with Crippen LogP contribution in [0.4, 0.5) is 16.6 Å². The summed E-state index contributed by atoms with van der Waals surface area (Å²) in [7, 11) is 1.80. The normalized spacial score (nSPS) is 17.5. The minimum atomic E-state index is -0.455. The highest BCUT2D eigenvalue weighted by molar-refractivity contribution is 8.18. The minimum absolute atomic E-state index is 0.00745. The van der Waals surface area contributed by atoms with Crippen LogP contribution in [0, 0.1) is 0 Å². The standard InChI is InChI=1S/C22H24N6O4S/c1-26(11-12-29)18-14-16(13-17-19(30)25-22(32)33-17)23-21(24-18)28-9-7-27(8-10-28)20(31)15-5-3-2-4-6-15/h2-6,13-14,29H,7-12H2,1H3,(H,25,30,32)/b17-13-. The maximum absolute atomic E-state index is 12.7. The molecule has 1 aromatic heterocycles. The Bertz CT molecular complexity index is 1090. The summed E-state index contributed by atoms with van der Waals surface area (Å²) < 4.78 is 0. The molecule has 0 unspecified atom stereocenters. The summed E-state index contributed by atoms with van der Waals surface area (Å²) in [5.41, 5.74) is 1.14. The highest BCUT2D eigenvalue weighted by Gasteiger charge is 2.27. The third-order valence-corrected chi connectivity index (χ3v) is 6.15. The van der Waals surface area contributed by atoms with Gasteiger partial charge in [-0.25, -0.2) is 4.98 Å². The number of benzene rings is 1. The van der Waals surface area contributed by atoms with Gasteiger partial charge in [-0.1, -0.05) is 18.2 Å². The molecule has 0 bridgehead atoms. The Hall–Kier alpha value is -3.44. The number of aliphatic hydroxyl groups is 1. The number of imide groups is 1. The number of likely N-dealkylation sites (N-methyl/N-ethyl adjacent to an activating group) is 1. The van der Waals surface area contributed by atoms with E-state index in [1.54, 1.807) is 36.2 Å². The molecule has 0 spiro atoms. The first-order chi connectivity index (χ1) is 15.9. The van der Waals surface area contributed by atoms with Gasteiger partial charge in [-0.2, -0.15) is 4.98 Å². The zero-order chi connectivity index (χ0) is 23.4. The number of carbonyl (C=O) groups is 3. The summed E-state index contributed by atoms with van der Waals surface area (Å²) in [5.74, 6) is 0.583. The molecule has 3 amide bonds. The van der Waals surface area contributed by atoms with E-state index in [9.17, 15) is 19.5 Å². The van der Waals surface area contributed by atoms with Crippen LogP contribution in [0.1, 0.15) is 16.1 Å². The average molecular weight is 469 g/mol. The Balaban J connectivity index is 1.55. The van der Waals surface area contributed by atoms with Crippen molar-refractivity contribution in [3.63, 3.8) is 0 Å². The van der Waals surface area contributed by atoms with E-state index < -0.39 is 11.1 Å². The molecule has 1 aromatic carbocycles. The van der Waals surface area contributed by atoms with E-state index in [1.165, 1.54) is 0 Å². The number of rotatable bonds is 6. The number of hydrogen-bond donors (Lipinski definition) is 2. The number of nitrogens with zero attached hydrogens (tertiary/aromatic N) is 5. The summed E-state index contributed by atoms with van der Waals surface area (Å²) >= 11 is 0.826. The molecule has 2 N–H and O–H groups in total. The molecule has 3 heterocycles. The van der Waals surface area contributed by atoms with Gasteiger partial charge >= 0.3 is 0 Å². The van der Waals surface area contributed by atoms with Crippen LogP contribution in [-0.4, -0.2) is 83.4 Å². The highest BCUT2D eigenvalue weighted by Crippen LogP contribution is 2.27. The van der Waals surface area contributed by atoms with Crippen LogP contribution in [0.25, 0.3) is 6.08 Å². The van der Waals surface area contributed by atoms with Crippen LogP contribution < -0.4 is 15.1 Å². The molecular formula is C22H24N6O4S. The van der Waals surface area contributed by atoms with Crippen molar-refractivity contribution in [2.24, 2.45) is 0 Å². The van der Waals surface area contributed by atoms with Crippen molar-refractivity contribution in [2.75, 3.05) is 56.2 Å². The number of hydrogen-bond acceptors (Lipinski definition) is 9. The van der Waals surface area contributed by atoms with Crippen LogP contribution in [0.2, 0.25) is 0 Å². The quantitative estimate of drug-likeness (QED) is 0.603. The molecule has 4 rings (SSSR count). The van der Waals surface area contributed by atoms with Crippen molar-refractivity contribution >= 4 is 46.7 Å². The third kappa shape index (κ3) is 5.32. The molecule has 2 aliphatic heterocycles. The molecule has 2 fully saturated rings. The summed E-state index contributed by atoms with van der Waals surface area (Å²) in [6, 6.07) is 10.9. The lowest BCUT2D eigenvalue weighted by Crippen LogP contribution is -2.49. The molecule has 33 heavy (non-hydrogen) atoms. The summed E-state index contributed by atoms with van der Waals surface area (Å²) in [5, 5.41) is 11.1. The Labute approximate surface area is 195 Å². The van der Waals surface area contributed by atoms with Gasteiger partial charge in [0, 0.05) is 51.4 Å². The zero-order valence-electron chi connectivity index (χ0n) is 18.1. The molecule has 2 aromatic rings. The largest absolute Gasteiger partial charge is 0.395 e. The van der Waals surface area contributed by atoms with Crippen LogP contribution in [0.5, 0.6) is 0 Å². The molecule has 2 saturated heterocycles. The zero-order valence-corrected chi connectivity index (χ0v) is 18.9. The first-order valence-corrected chi connectivity index (χ1v) is 11.3. The SMILES string of the molecule is CN(CCO)c1cc(/C=C2\SC(=O)NC2=O)nc(N2CCN(C(=O)c3ccccc3)CC2)n1. The van der Waals surface area contributed by atoms with Gasteiger partial charge in [0.05, 0.1) is 17.2 Å². The van der Waals surface area contributed by atoms with E-state index in [1.807, 2.05) is 28.0 Å². The lowest BCUT2D eigenvalue weighted by molar-refractivity contribution is -0.115. The molecular weight excluding hydrogens is 444 g/mol. The second kappa shape index (κ2) is 10.0. The topological polar surface area (TPSA) is 119 Å². The fraction of sp³-hybridized carbons (Fsp3) is 0.318. The van der Waals surface area contributed by atoms with Crippen LogP contribution in [0.15, 0.2) is 41.3 Å². The predicted octanol–water partition coefficient (Wildman–Crippen LogP) is 1.19. The van der Waals surface area contributed by atoms with Crippen molar-refractivity contribution in [1.29, 1.82) is 0 Å². The summed E-state index contributed by atoms with van der Waals surface area (Å²) in [6.45, 7) is 2.48. The van der Waals surface area contributed by atoms with Gasteiger partial charge in [0.15, 0.2) is 0 Å². The number of aliphatic hydroxyl groups excluding tert-OH is 1. The van der Waals surface area contributed by atoms with Gasteiger partial charge in [-0.15, -0.1) is 0 Å². The monoisotopic (exact) mass is 468 g/mol. The fourth-order valence-corrected chi connectivity index (χ4v) is 4.21. The van der Waals surface area contributed by atoms with Gasteiger partial charge in [0.25, 0.3) is 17.1 Å². The molecule has 0 radical (unpaired) electrons. The minimum Gasteiger partial charge on any atom is -0.395 e. The number of thioether (sulfide) groups is 1. The van der Waals surface area contributed by atoms with Crippen molar-refractivity contribution in [1.82, 2.24) is 20.2 Å². The molecule has 11 heteroatoms. The van der Waals surface area contributed by atoms with Crippen molar-refractivity contribution in [3.05, 3.63) is 52.6 Å². The van der Waals surface area contributed by atoms with E-state index in [4.69, 9.17) is 0 Å². The van der Waals surface area contributed by atoms with Gasteiger partial charge in [-0.3, -0.25) is 19.7 Å². The maximum atomic E-state index is 12.7. The second-order valence-electron chi connectivity index (χ2n) is 7.59. The lowest BCUT2D eigenvalue weighted by atomic mass is 10.2. The number of aromatic nitrogens is 2. The van der Waals surface area contributed by atoms with Gasteiger partial charge in [0.1, 0.15) is 5.82 Å². The Morgan fingerprint density at radius 3 is 2.55 bits per heavy atom. The molecule has 0 saturated carbocycles. The number of carbonyl (C=O) groups excluding carboxylic acids is 3. The third-order valence-electron chi connectivity index (χ3n) is 5.34. The highest BCUT2D eigenvalue weighted by atomic mass is 32.2. The van der Waals surface area contributed by atoms with Crippen molar-refractivity contribution in [2.45, 2.75) is 0 Å². The van der Waals surface area contributed by atoms with E-state index in [0.717, 1.165) is 11.8 Å². The Morgan fingerprint density at radius 1 is 1.18 bits per heavy atom. The Kier molecular flexibility index (Phi) is 6.90. The predicted molar refractivity (Wildman–Crippen MR) is 126 cm³/mol. The maximum Gasteiger partial charge on any atom is 0.290 e. The van der Waals surface area contributed by atoms with E-state index >= 15 is 0 Å². The molecule has 172 valence electrons. The molecule has 0 aliphatic carbocycles.